The Morgan fingerprint density at radius 1 is 0.967 bits per heavy atom. The van der Waals surface area contributed by atoms with Crippen molar-refractivity contribution in [2.24, 2.45) is 0 Å². The lowest BCUT2D eigenvalue weighted by molar-refractivity contribution is -0.198. The summed E-state index contributed by atoms with van der Waals surface area (Å²) in [5.41, 5.74) is 1.14. The number of imide groups is 1. The van der Waals surface area contributed by atoms with Crippen LogP contribution in [0, 0.1) is 0 Å². The van der Waals surface area contributed by atoms with E-state index >= 15 is 0 Å². The van der Waals surface area contributed by atoms with E-state index in [1.54, 1.807) is 0 Å². The molecule has 6 heteroatoms. The summed E-state index contributed by atoms with van der Waals surface area (Å²) in [6, 6.07) is 19.0. The molecule has 0 radical (unpaired) electrons. The topological polar surface area (TPSA) is 83.9 Å². The number of hydrogen-bond acceptors (Lipinski definition) is 5. The largest absolute Gasteiger partial charge is 0.383 e. The highest BCUT2D eigenvalue weighted by Gasteiger charge is 2.40. The third-order valence-electron chi connectivity index (χ3n) is 5.72. The first kappa shape index (κ1) is 18.5. The van der Waals surface area contributed by atoms with Gasteiger partial charge in [-0.3, -0.25) is 9.59 Å². The number of hydrogen-bond donors (Lipinski definition) is 1. The van der Waals surface area contributed by atoms with E-state index in [0.717, 1.165) is 10.9 Å². The van der Waals surface area contributed by atoms with Crippen molar-refractivity contribution < 1.29 is 24.3 Å². The standard InChI is InChI=1S/C24H19NO5/c26-19-13-20(27)25(24(19)29)30-21(28)6-2-3-14-7-8-17-10-9-15-4-1-5-16-11-12-18(14)23(17)22(15)16/h1,4-5,7-12,19,26H,2-3,6,13H2. The Kier molecular flexibility index (Phi) is 4.37. The van der Waals surface area contributed by atoms with Crippen LogP contribution in [-0.4, -0.2) is 34.1 Å². The van der Waals surface area contributed by atoms with Crippen LogP contribution in [0.15, 0.2) is 54.6 Å². The SMILES string of the molecule is O=C(CCCc1ccc2ccc3cccc4ccc1c2c34)ON1C(=O)CC(O)C1=O. The Morgan fingerprint density at radius 3 is 2.33 bits per heavy atom. The van der Waals surface area contributed by atoms with Crippen LogP contribution in [0.4, 0.5) is 0 Å². The molecule has 2 amide bonds. The first-order valence-corrected chi connectivity index (χ1v) is 9.94. The van der Waals surface area contributed by atoms with Crippen molar-refractivity contribution in [2.45, 2.75) is 31.8 Å². The quantitative estimate of drug-likeness (QED) is 0.409. The van der Waals surface area contributed by atoms with Crippen molar-refractivity contribution in [1.82, 2.24) is 5.06 Å². The van der Waals surface area contributed by atoms with Crippen LogP contribution < -0.4 is 0 Å². The highest BCUT2D eigenvalue weighted by molar-refractivity contribution is 6.23. The minimum atomic E-state index is -1.43. The zero-order valence-corrected chi connectivity index (χ0v) is 16.1. The van der Waals surface area contributed by atoms with E-state index in [-0.39, 0.29) is 12.8 Å². The minimum absolute atomic E-state index is 0.0646. The fourth-order valence-corrected chi connectivity index (χ4v) is 4.27. The Hall–Kier alpha value is -3.51. The lowest BCUT2D eigenvalue weighted by Gasteiger charge is -2.14. The van der Waals surface area contributed by atoms with Gasteiger partial charge in [-0.2, -0.15) is 0 Å². The van der Waals surface area contributed by atoms with E-state index in [4.69, 9.17) is 4.84 Å². The average molecular weight is 401 g/mol. The second-order valence-corrected chi connectivity index (χ2v) is 7.64. The van der Waals surface area contributed by atoms with E-state index in [2.05, 4.69) is 54.6 Å². The number of aliphatic hydroxyl groups excluding tert-OH is 1. The molecule has 1 saturated heterocycles. The lowest BCUT2D eigenvalue weighted by Crippen LogP contribution is -2.34. The Bertz CT molecular complexity index is 1300. The molecular weight excluding hydrogens is 382 g/mol. The molecular formula is C24H19NO5. The molecule has 5 rings (SSSR count). The van der Waals surface area contributed by atoms with Gasteiger partial charge >= 0.3 is 5.97 Å². The zero-order chi connectivity index (χ0) is 20.8. The summed E-state index contributed by atoms with van der Waals surface area (Å²) in [6.45, 7) is 0. The van der Waals surface area contributed by atoms with Gasteiger partial charge < -0.3 is 9.94 Å². The Balaban J connectivity index is 1.34. The molecule has 1 fully saturated rings. The van der Waals surface area contributed by atoms with Gasteiger partial charge in [-0.15, -0.1) is 0 Å². The molecule has 1 atom stereocenters. The van der Waals surface area contributed by atoms with Crippen molar-refractivity contribution in [1.29, 1.82) is 0 Å². The van der Waals surface area contributed by atoms with Gasteiger partial charge in [-0.25, -0.2) is 4.79 Å². The molecule has 0 bridgehead atoms. The smallest absolute Gasteiger partial charge is 0.333 e. The van der Waals surface area contributed by atoms with Gasteiger partial charge in [0.2, 0.25) is 0 Å². The number of carbonyl (C=O) groups is 3. The summed E-state index contributed by atoms with van der Waals surface area (Å²) in [5, 5.41) is 17.0. The average Bonchev–Trinajstić information content (AvgIpc) is 2.99. The van der Waals surface area contributed by atoms with Crippen molar-refractivity contribution >= 4 is 50.1 Å². The molecule has 1 aliphatic heterocycles. The number of aryl methyl sites for hydroxylation is 1. The van der Waals surface area contributed by atoms with E-state index in [0.29, 0.717) is 17.9 Å². The highest BCUT2D eigenvalue weighted by Crippen LogP contribution is 2.36. The molecule has 1 N–H and O–H groups in total. The fraction of sp³-hybridized carbons (Fsp3) is 0.208. The van der Waals surface area contributed by atoms with E-state index in [9.17, 15) is 19.5 Å². The Morgan fingerprint density at radius 2 is 1.63 bits per heavy atom. The van der Waals surface area contributed by atoms with Crippen LogP contribution >= 0.6 is 0 Å². The van der Waals surface area contributed by atoms with Crippen LogP contribution in [0.1, 0.15) is 24.8 Å². The van der Waals surface area contributed by atoms with E-state index in [1.807, 2.05) is 0 Å². The maximum Gasteiger partial charge on any atom is 0.333 e. The molecule has 4 aromatic rings. The molecule has 0 aliphatic carbocycles. The van der Waals surface area contributed by atoms with Gasteiger partial charge in [0.1, 0.15) is 6.10 Å². The molecule has 30 heavy (non-hydrogen) atoms. The van der Waals surface area contributed by atoms with Crippen LogP contribution in [0.5, 0.6) is 0 Å². The second-order valence-electron chi connectivity index (χ2n) is 7.64. The van der Waals surface area contributed by atoms with Crippen LogP contribution in [0.3, 0.4) is 0 Å². The predicted octanol–water partition coefficient (Wildman–Crippen LogP) is 3.48. The van der Waals surface area contributed by atoms with Crippen LogP contribution in [-0.2, 0) is 25.6 Å². The third kappa shape index (κ3) is 2.97. The predicted molar refractivity (Wildman–Crippen MR) is 112 cm³/mol. The summed E-state index contributed by atoms with van der Waals surface area (Å²) in [5.74, 6) is -2.25. The van der Waals surface area contributed by atoms with Crippen molar-refractivity contribution in [2.75, 3.05) is 0 Å². The third-order valence-corrected chi connectivity index (χ3v) is 5.72. The van der Waals surface area contributed by atoms with Crippen LogP contribution in [0.25, 0.3) is 32.3 Å². The van der Waals surface area contributed by atoms with Crippen molar-refractivity contribution in [3.63, 3.8) is 0 Å². The second kappa shape index (κ2) is 7.07. The monoisotopic (exact) mass is 401 g/mol. The number of carbonyl (C=O) groups excluding carboxylic acids is 3. The van der Waals surface area contributed by atoms with Gasteiger partial charge in [0.25, 0.3) is 11.8 Å². The fourth-order valence-electron chi connectivity index (χ4n) is 4.27. The summed E-state index contributed by atoms with van der Waals surface area (Å²) in [6.07, 6.45) is -0.540. The Labute approximate surface area is 171 Å². The normalized spacial score (nSPS) is 17.0. The maximum absolute atomic E-state index is 12.1. The van der Waals surface area contributed by atoms with Gasteiger partial charge in [-0.1, -0.05) is 59.7 Å². The summed E-state index contributed by atoms with van der Waals surface area (Å²) >= 11 is 0. The number of hydroxylamine groups is 2. The minimum Gasteiger partial charge on any atom is -0.383 e. The number of amides is 2. The van der Waals surface area contributed by atoms with Crippen LogP contribution in [0.2, 0.25) is 0 Å². The van der Waals surface area contributed by atoms with E-state index in [1.165, 1.54) is 26.9 Å². The molecule has 1 heterocycles. The molecule has 0 spiro atoms. The number of benzene rings is 4. The molecule has 0 saturated carbocycles. The molecule has 0 aromatic heterocycles. The summed E-state index contributed by atoms with van der Waals surface area (Å²) in [4.78, 5) is 40.2. The number of aliphatic hydroxyl groups is 1. The first-order valence-electron chi connectivity index (χ1n) is 9.94. The van der Waals surface area contributed by atoms with Crippen molar-refractivity contribution in [3.05, 3.63) is 60.2 Å². The molecule has 6 nitrogen and oxygen atoms in total. The van der Waals surface area contributed by atoms with Gasteiger partial charge in [0, 0.05) is 6.42 Å². The van der Waals surface area contributed by atoms with Gasteiger partial charge in [-0.05, 0) is 50.7 Å². The molecule has 4 aromatic carbocycles. The summed E-state index contributed by atoms with van der Waals surface area (Å²) < 4.78 is 0. The number of nitrogens with zero attached hydrogens (tertiary/aromatic N) is 1. The van der Waals surface area contributed by atoms with Gasteiger partial charge in [0.05, 0.1) is 6.42 Å². The summed E-state index contributed by atoms with van der Waals surface area (Å²) in [7, 11) is 0. The van der Waals surface area contributed by atoms with E-state index < -0.39 is 23.9 Å². The number of rotatable bonds is 5. The first-order chi connectivity index (χ1) is 14.5. The zero-order valence-electron chi connectivity index (χ0n) is 16.1. The molecule has 1 aliphatic rings. The van der Waals surface area contributed by atoms with Crippen molar-refractivity contribution in [3.8, 4) is 0 Å². The highest BCUT2D eigenvalue weighted by atomic mass is 16.7. The maximum atomic E-state index is 12.1. The molecule has 1 unspecified atom stereocenters. The molecule has 150 valence electrons. The lowest BCUT2D eigenvalue weighted by atomic mass is 9.90. The van der Waals surface area contributed by atoms with Gasteiger partial charge in [0.15, 0.2) is 0 Å².